The maximum absolute atomic E-state index is 10.1. The number of fused-ring (bicyclic) bond motifs is 1. The van der Waals surface area contributed by atoms with Crippen molar-refractivity contribution in [3.8, 4) is 0 Å². The van der Waals surface area contributed by atoms with E-state index >= 15 is 0 Å². The zero-order valence-corrected chi connectivity index (χ0v) is 7.59. The maximum atomic E-state index is 10.1. The van der Waals surface area contributed by atoms with Crippen LogP contribution in [0.25, 0.3) is 0 Å². The van der Waals surface area contributed by atoms with E-state index in [0.717, 1.165) is 12.8 Å². The third kappa shape index (κ3) is 0.962. The number of hydrogen-bond donors (Lipinski definition) is 1. The summed E-state index contributed by atoms with van der Waals surface area (Å²) in [7, 11) is 0. The van der Waals surface area contributed by atoms with E-state index in [-0.39, 0.29) is 0 Å². The molecule has 2 rings (SSSR count). The van der Waals surface area contributed by atoms with Crippen molar-refractivity contribution in [1.29, 1.82) is 0 Å². The highest BCUT2D eigenvalue weighted by Crippen LogP contribution is 2.48. The van der Waals surface area contributed by atoms with Gasteiger partial charge >= 0.3 is 0 Å². The van der Waals surface area contributed by atoms with Gasteiger partial charge in [-0.25, -0.2) is 0 Å². The van der Waals surface area contributed by atoms with Crippen LogP contribution in [0, 0.1) is 11.8 Å². The molecule has 1 N–H and O–H groups in total. The molecule has 12 heavy (non-hydrogen) atoms. The summed E-state index contributed by atoms with van der Waals surface area (Å²) in [6, 6.07) is 0. The second kappa shape index (κ2) is 2.46. The maximum Gasteiger partial charge on any atom is 0.0890 e. The third-order valence-corrected chi connectivity index (χ3v) is 3.40. The van der Waals surface area contributed by atoms with E-state index in [1.165, 1.54) is 12.0 Å². The first kappa shape index (κ1) is 8.06. The molecule has 1 heteroatoms. The molecule has 1 saturated carbocycles. The van der Waals surface area contributed by atoms with Gasteiger partial charge in [0.25, 0.3) is 0 Å². The molecule has 0 radical (unpaired) electrons. The van der Waals surface area contributed by atoms with Crippen LogP contribution in [-0.2, 0) is 0 Å². The summed E-state index contributed by atoms with van der Waals surface area (Å²) in [4.78, 5) is 0. The topological polar surface area (TPSA) is 20.2 Å². The van der Waals surface area contributed by atoms with Crippen molar-refractivity contribution in [2.45, 2.75) is 31.8 Å². The minimum Gasteiger partial charge on any atom is -0.385 e. The lowest BCUT2D eigenvalue weighted by Crippen LogP contribution is -2.30. The molecule has 0 amide bonds. The van der Waals surface area contributed by atoms with Gasteiger partial charge in [-0.1, -0.05) is 17.7 Å². The molecule has 0 saturated heterocycles. The van der Waals surface area contributed by atoms with Gasteiger partial charge in [0, 0.05) is 5.92 Å². The molecule has 0 bridgehead atoms. The van der Waals surface area contributed by atoms with Gasteiger partial charge in [-0.05, 0) is 32.1 Å². The molecule has 2 aliphatic rings. The van der Waals surface area contributed by atoms with Gasteiger partial charge in [0.05, 0.1) is 5.60 Å². The van der Waals surface area contributed by atoms with Crippen LogP contribution in [0.2, 0.25) is 0 Å². The minimum absolute atomic E-state index is 0.356. The van der Waals surface area contributed by atoms with Gasteiger partial charge in [0.1, 0.15) is 0 Å². The van der Waals surface area contributed by atoms with E-state index < -0.39 is 5.60 Å². The van der Waals surface area contributed by atoms with Crippen molar-refractivity contribution < 1.29 is 5.11 Å². The number of hydrogen-bond acceptors (Lipinski definition) is 1. The molecular weight excluding hydrogens is 148 g/mol. The van der Waals surface area contributed by atoms with Gasteiger partial charge in [0.15, 0.2) is 0 Å². The quantitative estimate of drug-likeness (QED) is 0.589. The summed E-state index contributed by atoms with van der Waals surface area (Å²) in [5, 5.41) is 10.1. The van der Waals surface area contributed by atoms with Gasteiger partial charge < -0.3 is 5.11 Å². The SMILES string of the molecule is C=C[C@@]1(O)CC[C@H]2CC(C)=C[C@H]21. The van der Waals surface area contributed by atoms with Crippen LogP contribution in [0.5, 0.6) is 0 Å². The fourth-order valence-electron chi connectivity index (χ4n) is 2.71. The molecule has 0 unspecified atom stereocenters. The van der Waals surface area contributed by atoms with E-state index in [1.807, 2.05) is 0 Å². The second-order valence-electron chi connectivity index (χ2n) is 4.24. The Balaban J connectivity index is 2.27. The van der Waals surface area contributed by atoms with Crippen LogP contribution in [0.1, 0.15) is 26.2 Å². The van der Waals surface area contributed by atoms with Crippen LogP contribution < -0.4 is 0 Å². The second-order valence-corrected chi connectivity index (χ2v) is 4.24. The summed E-state index contributed by atoms with van der Waals surface area (Å²) in [6.45, 7) is 5.88. The molecule has 0 aromatic rings. The Labute approximate surface area is 73.8 Å². The molecule has 0 heterocycles. The zero-order chi connectivity index (χ0) is 8.77. The van der Waals surface area contributed by atoms with E-state index in [0.29, 0.717) is 11.8 Å². The van der Waals surface area contributed by atoms with Crippen molar-refractivity contribution in [3.63, 3.8) is 0 Å². The van der Waals surface area contributed by atoms with E-state index in [9.17, 15) is 5.11 Å². The van der Waals surface area contributed by atoms with Gasteiger partial charge in [-0.2, -0.15) is 0 Å². The largest absolute Gasteiger partial charge is 0.385 e. The van der Waals surface area contributed by atoms with Crippen LogP contribution in [0.4, 0.5) is 0 Å². The van der Waals surface area contributed by atoms with Gasteiger partial charge in [0.2, 0.25) is 0 Å². The fraction of sp³-hybridized carbons (Fsp3) is 0.636. The van der Waals surface area contributed by atoms with Crippen LogP contribution in [-0.4, -0.2) is 10.7 Å². The van der Waals surface area contributed by atoms with E-state index in [1.54, 1.807) is 6.08 Å². The molecule has 0 aliphatic heterocycles. The van der Waals surface area contributed by atoms with Crippen LogP contribution in [0.15, 0.2) is 24.3 Å². The van der Waals surface area contributed by atoms with Crippen molar-refractivity contribution in [2.75, 3.05) is 0 Å². The predicted molar refractivity (Wildman–Crippen MR) is 49.7 cm³/mol. The Kier molecular flexibility index (Phi) is 1.65. The molecule has 66 valence electrons. The Morgan fingerprint density at radius 2 is 2.50 bits per heavy atom. The summed E-state index contributed by atoms with van der Waals surface area (Å²) < 4.78 is 0. The average Bonchev–Trinajstić information content (AvgIpc) is 2.53. The lowest BCUT2D eigenvalue weighted by Gasteiger charge is -2.24. The Morgan fingerprint density at radius 3 is 3.17 bits per heavy atom. The predicted octanol–water partition coefficient (Wildman–Crippen LogP) is 2.28. The summed E-state index contributed by atoms with van der Waals surface area (Å²) in [6.07, 6.45) is 7.20. The Hall–Kier alpha value is -0.560. The van der Waals surface area contributed by atoms with Crippen molar-refractivity contribution >= 4 is 0 Å². The molecule has 0 spiro atoms. The molecule has 2 aliphatic carbocycles. The molecular formula is C11H16O. The minimum atomic E-state index is -0.595. The Bertz CT molecular complexity index is 241. The molecule has 3 atom stereocenters. The van der Waals surface area contributed by atoms with Gasteiger partial charge in [-0.15, -0.1) is 6.58 Å². The smallest absolute Gasteiger partial charge is 0.0890 e. The van der Waals surface area contributed by atoms with Crippen molar-refractivity contribution in [3.05, 3.63) is 24.3 Å². The van der Waals surface area contributed by atoms with E-state index in [4.69, 9.17) is 0 Å². The third-order valence-electron chi connectivity index (χ3n) is 3.40. The van der Waals surface area contributed by atoms with Crippen molar-refractivity contribution in [2.24, 2.45) is 11.8 Å². The first-order valence-electron chi connectivity index (χ1n) is 4.69. The molecule has 0 aromatic heterocycles. The summed E-state index contributed by atoms with van der Waals surface area (Å²) >= 11 is 0. The first-order chi connectivity index (χ1) is 5.65. The first-order valence-corrected chi connectivity index (χ1v) is 4.69. The summed E-state index contributed by atoms with van der Waals surface area (Å²) in [5.74, 6) is 1.04. The van der Waals surface area contributed by atoms with Crippen LogP contribution >= 0.6 is 0 Å². The van der Waals surface area contributed by atoms with Crippen molar-refractivity contribution in [1.82, 2.24) is 0 Å². The molecule has 1 fully saturated rings. The molecule has 0 aromatic carbocycles. The number of rotatable bonds is 1. The fourth-order valence-corrected chi connectivity index (χ4v) is 2.71. The highest BCUT2D eigenvalue weighted by Gasteiger charge is 2.46. The number of aliphatic hydroxyl groups is 1. The van der Waals surface area contributed by atoms with E-state index in [2.05, 4.69) is 19.6 Å². The highest BCUT2D eigenvalue weighted by atomic mass is 16.3. The standard InChI is InChI=1S/C11H16O/c1-3-11(12)5-4-9-6-8(2)7-10(9)11/h3,7,9-10,12H,1,4-6H2,2H3/t9-,10+,11+/m0/s1. The number of allylic oxidation sites excluding steroid dienone is 1. The summed E-state index contributed by atoms with van der Waals surface area (Å²) in [5.41, 5.74) is 0.840. The molecule has 1 nitrogen and oxygen atoms in total. The monoisotopic (exact) mass is 164 g/mol. The zero-order valence-electron chi connectivity index (χ0n) is 7.59. The van der Waals surface area contributed by atoms with Gasteiger partial charge in [-0.3, -0.25) is 0 Å². The highest BCUT2D eigenvalue weighted by molar-refractivity contribution is 5.22. The normalized spacial score (nSPS) is 45.7. The van der Waals surface area contributed by atoms with Crippen LogP contribution in [0.3, 0.4) is 0 Å². The Morgan fingerprint density at radius 1 is 1.75 bits per heavy atom. The average molecular weight is 164 g/mol. The lowest BCUT2D eigenvalue weighted by molar-refractivity contribution is 0.0638. The lowest BCUT2D eigenvalue weighted by atomic mass is 9.89.